The second-order valence-corrected chi connectivity index (χ2v) is 4.70. The minimum atomic E-state index is 0.173. The number of aliphatic hydroxyl groups excluding tert-OH is 1. The molecule has 1 aliphatic carbocycles. The van der Waals surface area contributed by atoms with Gasteiger partial charge in [0, 0.05) is 19.2 Å². The van der Waals surface area contributed by atoms with Gasteiger partial charge in [-0.2, -0.15) is 4.98 Å². The van der Waals surface area contributed by atoms with Gasteiger partial charge in [0.05, 0.1) is 6.61 Å². The van der Waals surface area contributed by atoms with Crippen LogP contribution in [0.5, 0.6) is 5.88 Å². The predicted molar refractivity (Wildman–Crippen MR) is 74.3 cm³/mol. The van der Waals surface area contributed by atoms with Crippen LogP contribution in [0.4, 0.5) is 11.5 Å². The molecule has 19 heavy (non-hydrogen) atoms. The summed E-state index contributed by atoms with van der Waals surface area (Å²) in [7, 11) is 0. The zero-order chi connectivity index (χ0) is 13.7. The second-order valence-electron chi connectivity index (χ2n) is 4.70. The first-order chi connectivity index (χ1) is 9.27. The Morgan fingerprint density at radius 3 is 2.84 bits per heavy atom. The fourth-order valence-corrected chi connectivity index (χ4v) is 2.25. The summed E-state index contributed by atoms with van der Waals surface area (Å²) in [6.07, 6.45) is 5.74. The summed E-state index contributed by atoms with van der Waals surface area (Å²) >= 11 is 0. The summed E-state index contributed by atoms with van der Waals surface area (Å²) < 4.78 is 5.41. The van der Waals surface area contributed by atoms with Crippen molar-refractivity contribution < 1.29 is 9.84 Å². The van der Waals surface area contributed by atoms with E-state index in [1.807, 2.05) is 6.92 Å². The molecule has 1 aliphatic rings. The van der Waals surface area contributed by atoms with E-state index in [9.17, 15) is 0 Å². The molecule has 2 rings (SSSR count). The number of anilines is 2. The van der Waals surface area contributed by atoms with Gasteiger partial charge >= 0.3 is 0 Å². The van der Waals surface area contributed by atoms with E-state index in [2.05, 4.69) is 14.9 Å². The maximum absolute atomic E-state index is 9.03. The number of nitrogens with two attached hydrogens (primary N) is 1. The first-order valence-corrected chi connectivity index (χ1v) is 6.88. The molecular weight excluding hydrogens is 244 g/mol. The molecule has 106 valence electrons. The Morgan fingerprint density at radius 1 is 1.47 bits per heavy atom. The van der Waals surface area contributed by atoms with Crippen LogP contribution in [0, 0.1) is 0 Å². The van der Waals surface area contributed by atoms with E-state index in [0.29, 0.717) is 30.6 Å². The SMILES string of the molecule is CCOc1ncnc(N(CCCO)C2CCC2)c1N. The molecule has 1 saturated carbocycles. The molecular formula is C13H22N4O2. The van der Waals surface area contributed by atoms with Gasteiger partial charge in [-0.15, -0.1) is 0 Å². The average Bonchev–Trinajstić information content (AvgIpc) is 2.35. The van der Waals surface area contributed by atoms with E-state index in [1.165, 1.54) is 12.7 Å². The molecule has 6 nitrogen and oxygen atoms in total. The topological polar surface area (TPSA) is 84.5 Å². The van der Waals surface area contributed by atoms with Crippen molar-refractivity contribution in [1.29, 1.82) is 0 Å². The normalized spacial score (nSPS) is 15.1. The van der Waals surface area contributed by atoms with Crippen LogP contribution in [-0.4, -0.2) is 40.9 Å². The lowest BCUT2D eigenvalue weighted by Gasteiger charge is -2.38. The Labute approximate surface area is 113 Å². The molecule has 0 saturated heterocycles. The van der Waals surface area contributed by atoms with Gasteiger partial charge in [-0.1, -0.05) is 0 Å². The molecule has 0 unspecified atom stereocenters. The molecule has 0 bridgehead atoms. The van der Waals surface area contributed by atoms with E-state index < -0.39 is 0 Å². The second kappa shape index (κ2) is 6.56. The third kappa shape index (κ3) is 3.07. The number of rotatable bonds is 7. The highest BCUT2D eigenvalue weighted by molar-refractivity contribution is 5.68. The van der Waals surface area contributed by atoms with Crippen LogP contribution in [0.3, 0.4) is 0 Å². The van der Waals surface area contributed by atoms with Gasteiger partial charge in [-0.05, 0) is 32.6 Å². The van der Waals surface area contributed by atoms with Crippen molar-refractivity contribution in [1.82, 2.24) is 9.97 Å². The summed E-state index contributed by atoms with van der Waals surface area (Å²) in [6, 6.07) is 0.471. The zero-order valence-corrected chi connectivity index (χ0v) is 11.4. The van der Waals surface area contributed by atoms with Gasteiger partial charge in [0.1, 0.15) is 12.0 Å². The Balaban J connectivity index is 2.21. The molecule has 0 aliphatic heterocycles. The fraction of sp³-hybridized carbons (Fsp3) is 0.692. The molecule has 0 spiro atoms. The van der Waals surface area contributed by atoms with Crippen molar-refractivity contribution in [2.45, 2.75) is 38.6 Å². The third-order valence-corrected chi connectivity index (χ3v) is 3.45. The summed E-state index contributed by atoms with van der Waals surface area (Å²) in [5, 5.41) is 9.03. The summed E-state index contributed by atoms with van der Waals surface area (Å²) in [4.78, 5) is 10.5. The van der Waals surface area contributed by atoms with Crippen LogP contribution >= 0.6 is 0 Å². The maximum Gasteiger partial charge on any atom is 0.242 e. The van der Waals surface area contributed by atoms with Gasteiger partial charge in [-0.3, -0.25) is 0 Å². The molecule has 1 aromatic heterocycles. The fourth-order valence-electron chi connectivity index (χ4n) is 2.25. The monoisotopic (exact) mass is 266 g/mol. The Bertz CT molecular complexity index is 410. The first-order valence-electron chi connectivity index (χ1n) is 6.88. The van der Waals surface area contributed by atoms with E-state index in [0.717, 1.165) is 25.2 Å². The standard InChI is InChI=1S/C13H22N4O2/c1-2-19-13-11(14)12(15-9-16-13)17(7-4-8-18)10-5-3-6-10/h9-10,18H,2-8,14H2,1H3. The quantitative estimate of drug-likeness (QED) is 0.771. The van der Waals surface area contributed by atoms with E-state index in [4.69, 9.17) is 15.6 Å². The smallest absolute Gasteiger partial charge is 0.242 e. The molecule has 0 radical (unpaired) electrons. The largest absolute Gasteiger partial charge is 0.476 e. The van der Waals surface area contributed by atoms with Gasteiger partial charge < -0.3 is 20.5 Å². The Hall–Kier alpha value is -1.56. The highest BCUT2D eigenvalue weighted by Gasteiger charge is 2.28. The molecule has 0 amide bonds. The average molecular weight is 266 g/mol. The summed E-state index contributed by atoms with van der Waals surface area (Å²) in [5.41, 5.74) is 6.60. The van der Waals surface area contributed by atoms with Crippen LogP contribution in [0.2, 0.25) is 0 Å². The van der Waals surface area contributed by atoms with Crippen LogP contribution < -0.4 is 15.4 Å². The molecule has 1 aromatic rings. The third-order valence-electron chi connectivity index (χ3n) is 3.45. The Kier molecular flexibility index (Phi) is 4.79. The number of hydrogen-bond donors (Lipinski definition) is 2. The number of ether oxygens (including phenoxy) is 1. The maximum atomic E-state index is 9.03. The van der Waals surface area contributed by atoms with Crippen LogP contribution in [0.25, 0.3) is 0 Å². The lowest BCUT2D eigenvalue weighted by atomic mass is 9.91. The zero-order valence-electron chi connectivity index (χ0n) is 11.4. The van der Waals surface area contributed by atoms with E-state index >= 15 is 0 Å². The van der Waals surface area contributed by atoms with Crippen molar-refractivity contribution >= 4 is 11.5 Å². The Morgan fingerprint density at radius 2 is 2.26 bits per heavy atom. The molecule has 6 heteroatoms. The van der Waals surface area contributed by atoms with Crippen LogP contribution in [0.15, 0.2) is 6.33 Å². The van der Waals surface area contributed by atoms with Crippen LogP contribution in [-0.2, 0) is 0 Å². The highest BCUT2D eigenvalue weighted by atomic mass is 16.5. The van der Waals surface area contributed by atoms with Crippen molar-refractivity contribution in [3.05, 3.63) is 6.33 Å². The van der Waals surface area contributed by atoms with E-state index in [1.54, 1.807) is 0 Å². The number of aromatic nitrogens is 2. The van der Waals surface area contributed by atoms with Gasteiger partial charge in [-0.25, -0.2) is 4.98 Å². The van der Waals surface area contributed by atoms with E-state index in [-0.39, 0.29) is 6.61 Å². The molecule has 3 N–H and O–H groups in total. The first kappa shape index (κ1) is 13.9. The lowest BCUT2D eigenvalue weighted by molar-refractivity contribution is 0.282. The van der Waals surface area contributed by atoms with Crippen molar-refractivity contribution in [3.63, 3.8) is 0 Å². The summed E-state index contributed by atoms with van der Waals surface area (Å²) in [6.45, 7) is 3.36. The number of nitrogens with zero attached hydrogens (tertiary/aromatic N) is 3. The van der Waals surface area contributed by atoms with Crippen molar-refractivity contribution in [3.8, 4) is 5.88 Å². The molecule has 0 aromatic carbocycles. The minimum absolute atomic E-state index is 0.173. The van der Waals surface area contributed by atoms with Crippen molar-refractivity contribution in [2.75, 3.05) is 30.4 Å². The molecule has 1 fully saturated rings. The van der Waals surface area contributed by atoms with Crippen LogP contribution in [0.1, 0.15) is 32.6 Å². The molecule has 1 heterocycles. The minimum Gasteiger partial charge on any atom is -0.476 e. The number of aliphatic hydroxyl groups is 1. The highest BCUT2D eigenvalue weighted by Crippen LogP contribution is 2.34. The van der Waals surface area contributed by atoms with Gasteiger partial charge in [0.2, 0.25) is 5.88 Å². The van der Waals surface area contributed by atoms with Crippen molar-refractivity contribution in [2.24, 2.45) is 0 Å². The predicted octanol–water partition coefficient (Wildman–Crippen LogP) is 1.20. The number of nitrogen functional groups attached to an aromatic ring is 1. The molecule has 0 atom stereocenters. The van der Waals surface area contributed by atoms with Gasteiger partial charge in [0.15, 0.2) is 5.82 Å². The van der Waals surface area contributed by atoms with Gasteiger partial charge in [0.25, 0.3) is 0 Å². The number of hydrogen-bond acceptors (Lipinski definition) is 6. The lowest BCUT2D eigenvalue weighted by Crippen LogP contribution is -2.42. The summed E-state index contributed by atoms with van der Waals surface area (Å²) in [5.74, 6) is 1.18.